The van der Waals surface area contributed by atoms with Crippen molar-refractivity contribution in [1.29, 1.82) is 0 Å². The van der Waals surface area contributed by atoms with Gasteiger partial charge in [-0.2, -0.15) is 0 Å². The predicted octanol–water partition coefficient (Wildman–Crippen LogP) is 3.15. The van der Waals surface area contributed by atoms with Gasteiger partial charge in [-0.25, -0.2) is 0 Å². The van der Waals surface area contributed by atoms with Crippen LogP contribution in [-0.2, 0) is 14.3 Å². The summed E-state index contributed by atoms with van der Waals surface area (Å²) in [6.07, 6.45) is 4.10. The Hall–Kier alpha value is -2.87. The molecule has 2 heterocycles. The Kier molecular flexibility index (Phi) is 5.76. The van der Waals surface area contributed by atoms with Gasteiger partial charge in [0.05, 0.1) is 23.2 Å². The van der Waals surface area contributed by atoms with Crippen LogP contribution in [0.1, 0.15) is 43.6 Å². The second-order valence-corrected chi connectivity index (χ2v) is 8.12. The van der Waals surface area contributed by atoms with Gasteiger partial charge in [0, 0.05) is 25.1 Å². The summed E-state index contributed by atoms with van der Waals surface area (Å²) < 4.78 is 10.8. The van der Waals surface area contributed by atoms with E-state index in [9.17, 15) is 9.59 Å². The molecule has 4 rings (SSSR count). The van der Waals surface area contributed by atoms with Crippen LogP contribution in [0.3, 0.4) is 0 Å². The molecule has 0 radical (unpaired) electrons. The van der Waals surface area contributed by atoms with Gasteiger partial charge >= 0.3 is 0 Å². The molecule has 8 heteroatoms. The van der Waals surface area contributed by atoms with Crippen molar-refractivity contribution in [1.82, 2.24) is 10.5 Å². The fourth-order valence-corrected chi connectivity index (χ4v) is 4.36. The van der Waals surface area contributed by atoms with Crippen molar-refractivity contribution in [3.8, 4) is 11.1 Å². The van der Waals surface area contributed by atoms with Crippen LogP contribution in [0.4, 0.5) is 11.4 Å². The molecule has 1 aromatic carbocycles. The second kappa shape index (κ2) is 8.47. The van der Waals surface area contributed by atoms with Crippen LogP contribution in [-0.4, -0.2) is 42.3 Å². The summed E-state index contributed by atoms with van der Waals surface area (Å²) in [5.74, 6) is 0.433. The highest BCUT2D eigenvalue weighted by Gasteiger charge is 2.29. The van der Waals surface area contributed by atoms with Crippen molar-refractivity contribution in [2.75, 3.05) is 17.7 Å². The van der Waals surface area contributed by atoms with Crippen molar-refractivity contribution < 1.29 is 18.8 Å². The maximum absolute atomic E-state index is 12.8. The number of methoxy groups -OCH3 is 1. The van der Waals surface area contributed by atoms with Gasteiger partial charge in [-0.3, -0.25) is 9.59 Å². The van der Waals surface area contributed by atoms with E-state index < -0.39 is 6.04 Å². The highest BCUT2D eigenvalue weighted by molar-refractivity contribution is 6.01. The lowest BCUT2D eigenvalue weighted by molar-refractivity contribution is -0.122. The minimum atomic E-state index is -0.502. The monoisotopic (exact) mass is 412 g/mol. The average molecular weight is 412 g/mol. The van der Waals surface area contributed by atoms with Gasteiger partial charge in [0.25, 0.3) is 0 Å². The molecule has 160 valence electrons. The molecule has 2 amide bonds. The number of nitrogens with zero attached hydrogens (tertiary/aromatic N) is 1. The lowest BCUT2D eigenvalue weighted by atomic mass is 10.0. The molecule has 0 spiro atoms. The number of carbonyl (C=O) groups is 2. The number of benzene rings is 1. The molecule has 3 N–H and O–H groups in total. The van der Waals surface area contributed by atoms with Gasteiger partial charge < -0.3 is 25.2 Å². The SMILES string of the molecule is CO[C@@H]1CC[C@@H](Nc2ccc(-c3c(C)noc3C)cc2NC(=O)[C@@H]2CCC(=O)N2)C1. The van der Waals surface area contributed by atoms with Gasteiger partial charge in [-0.15, -0.1) is 0 Å². The lowest BCUT2D eigenvalue weighted by Crippen LogP contribution is -2.37. The quantitative estimate of drug-likeness (QED) is 0.673. The Labute approximate surface area is 175 Å². The topological polar surface area (TPSA) is 105 Å². The van der Waals surface area contributed by atoms with Crippen LogP contribution in [0, 0.1) is 13.8 Å². The zero-order valence-corrected chi connectivity index (χ0v) is 17.6. The minimum Gasteiger partial charge on any atom is -0.381 e. The molecule has 30 heavy (non-hydrogen) atoms. The third-order valence-corrected chi connectivity index (χ3v) is 5.99. The summed E-state index contributed by atoms with van der Waals surface area (Å²) in [4.78, 5) is 24.3. The average Bonchev–Trinajstić information content (AvgIpc) is 3.44. The molecule has 2 fully saturated rings. The molecule has 2 aliphatic rings. The summed E-state index contributed by atoms with van der Waals surface area (Å²) in [6, 6.07) is 5.69. The maximum Gasteiger partial charge on any atom is 0.247 e. The van der Waals surface area contributed by atoms with Crippen molar-refractivity contribution in [2.45, 2.75) is 64.1 Å². The molecule has 3 atom stereocenters. The number of ether oxygens (including phenoxy) is 1. The summed E-state index contributed by atoms with van der Waals surface area (Å²) in [5, 5.41) is 13.3. The van der Waals surface area contributed by atoms with Crippen molar-refractivity contribution in [3.05, 3.63) is 29.7 Å². The smallest absolute Gasteiger partial charge is 0.247 e. The Morgan fingerprint density at radius 3 is 2.70 bits per heavy atom. The Morgan fingerprint density at radius 1 is 1.23 bits per heavy atom. The van der Waals surface area contributed by atoms with E-state index in [1.54, 1.807) is 7.11 Å². The Balaban J connectivity index is 1.61. The summed E-state index contributed by atoms with van der Waals surface area (Å²) >= 11 is 0. The molecule has 0 bridgehead atoms. The van der Waals surface area contributed by atoms with Gasteiger partial charge in [0.15, 0.2) is 0 Å². The first kappa shape index (κ1) is 20.4. The van der Waals surface area contributed by atoms with Crippen LogP contribution in [0.25, 0.3) is 11.1 Å². The highest BCUT2D eigenvalue weighted by Crippen LogP contribution is 2.35. The van der Waals surface area contributed by atoms with Crippen molar-refractivity contribution in [3.63, 3.8) is 0 Å². The third kappa shape index (κ3) is 4.18. The van der Waals surface area contributed by atoms with E-state index in [2.05, 4.69) is 21.1 Å². The molecule has 0 unspecified atom stereocenters. The zero-order valence-electron chi connectivity index (χ0n) is 17.6. The zero-order chi connectivity index (χ0) is 21.3. The molecule has 1 saturated heterocycles. The lowest BCUT2D eigenvalue weighted by Gasteiger charge is -2.20. The molecule has 1 aliphatic carbocycles. The Bertz CT molecular complexity index is 935. The standard InChI is InChI=1S/C22H28N4O4/c1-12-21(13(2)30-26-12)14-4-7-17(23-15-5-6-16(11-15)29-3)19(10-14)25-22(28)18-8-9-20(27)24-18/h4,7,10,15-16,18,23H,5-6,8-9,11H2,1-3H3,(H,24,27)(H,25,28)/t15-,16-,18+/m1/s1. The van der Waals surface area contributed by atoms with E-state index >= 15 is 0 Å². The first-order valence-electron chi connectivity index (χ1n) is 10.4. The first-order valence-corrected chi connectivity index (χ1v) is 10.4. The third-order valence-electron chi connectivity index (χ3n) is 5.99. The van der Waals surface area contributed by atoms with E-state index in [4.69, 9.17) is 9.26 Å². The normalized spacial score (nSPS) is 23.4. The number of hydrogen-bond acceptors (Lipinski definition) is 6. The fourth-order valence-electron chi connectivity index (χ4n) is 4.36. The van der Waals surface area contributed by atoms with Gasteiger partial charge in [0.1, 0.15) is 11.8 Å². The van der Waals surface area contributed by atoms with Crippen molar-refractivity contribution in [2.24, 2.45) is 0 Å². The number of carbonyl (C=O) groups excluding carboxylic acids is 2. The summed E-state index contributed by atoms with van der Waals surface area (Å²) in [7, 11) is 1.74. The van der Waals surface area contributed by atoms with Crippen LogP contribution in [0.15, 0.2) is 22.7 Å². The van der Waals surface area contributed by atoms with E-state index in [0.29, 0.717) is 18.5 Å². The molecule has 2 aromatic rings. The summed E-state index contributed by atoms with van der Waals surface area (Å²) in [5.41, 5.74) is 4.17. The van der Waals surface area contributed by atoms with E-state index in [1.165, 1.54) is 0 Å². The minimum absolute atomic E-state index is 0.0884. The van der Waals surface area contributed by atoms with Crippen LogP contribution < -0.4 is 16.0 Å². The highest BCUT2D eigenvalue weighted by atomic mass is 16.5. The van der Waals surface area contributed by atoms with Crippen molar-refractivity contribution >= 4 is 23.2 Å². The molecular formula is C22H28N4O4. The second-order valence-electron chi connectivity index (χ2n) is 8.12. The van der Waals surface area contributed by atoms with Gasteiger partial charge in [-0.05, 0) is 57.2 Å². The maximum atomic E-state index is 12.8. The molecule has 8 nitrogen and oxygen atoms in total. The predicted molar refractivity (Wildman–Crippen MR) is 113 cm³/mol. The molecule has 1 saturated carbocycles. The number of aryl methyl sites for hydroxylation is 2. The van der Waals surface area contributed by atoms with E-state index in [1.807, 2.05) is 32.0 Å². The number of rotatable bonds is 6. The fraction of sp³-hybridized carbons (Fsp3) is 0.500. The molecule has 1 aliphatic heterocycles. The molecule has 1 aromatic heterocycles. The van der Waals surface area contributed by atoms with Crippen LogP contribution in [0.2, 0.25) is 0 Å². The number of nitrogens with one attached hydrogen (secondary N) is 3. The molecular weight excluding hydrogens is 384 g/mol. The Morgan fingerprint density at radius 2 is 2.07 bits per heavy atom. The van der Waals surface area contributed by atoms with E-state index in [-0.39, 0.29) is 24.0 Å². The number of anilines is 2. The van der Waals surface area contributed by atoms with E-state index in [0.717, 1.165) is 47.5 Å². The van der Waals surface area contributed by atoms with Crippen LogP contribution >= 0.6 is 0 Å². The van der Waals surface area contributed by atoms with Gasteiger partial charge in [-0.1, -0.05) is 11.2 Å². The van der Waals surface area contributed by atoms with Crippen LogP contribution in [0.5, 0.6) is 0 Å². The first-order chi connectivity index (χ1) is 14.4. The number of aromatic nitrogens is 1. The van der Waals surface area contributed by atoms with Gasteiger partial charge in [0.2, 0.25) is 11.8 Å². The largest absolute Gasteiger partial charge is 0.381 e. The summed E-state index contributed by atoms with van der Waals surface area (Å²) in [6.45, 7) is 3.77. The number of hydrogen-bond donors (Lipinski definition) is 3. The number of amides is 2.